The van der Waals surface area contributed by atoms with Gasteiger partial charge >= 0.3 is 5.97 Å². The largest absolute Gasteiger partial charge is 0.464 e. The van der Waals surface area contributed by atoms with Gasteiger partial charge < -0.3 is 10.5 Å². The van der Waals surface area contributed by atoms with Gasteiger partial charge in [0, 0.05) is 0 Å². The summed E-state index contributed by atoms with van der Waals surface area (Å²) in [6.45, 7) is 3.54. The number of hydrogen-bond acceptors (Lipinski definition) is 5. The van der Waals surface area contributed by atoms with Crippen molar-refractivity contribution in [2.24, 2.45) is 0 Å². The Morgan fingerprint density at radius 1 is 1.31 bits per heavy atom. The third-order valence-electron chi connectivity index (χ3n) is 1.71. The van der Waals surface area contributed by atoms with Gasteiger partial charge in [0.25, 0.3) is 0 Å². The third-order valence-corrected chi connectivity index (χ3v) is 1.71. The van der Waals surface area contributed by atoms with Gasteiger partial charge in [-0.15, -0.1) is 0 Å². The van der Waals surface area contributed by atoms with E-state index in [0.29, 0.717) is 11.4 Å². The number of nitrogen functional groups attached to an aromatic ring is 1. The predicted octanol–water partition coefficient (Wildman–Crippen LogP) is 0.462. The Labute approximate surface area is 75.9 Å². The molecule has 70 valence electrons. The molecule has 0 aliphatic heterocycles. The van der Waals surface area contributed by atoms with Gasteiger partial charge in [-0.2, -0.15) is 0 Å². The summed E-state index contributed by atoms with van der Waals surface area (Å²) in [5, 5.41) is 0. The minimum absolute atomic E-state index is 0.0746. The molecule has 0 bridgehead atoms. The van der Waals surface area contributed by atoms with Crippen molar-refractivity contribution in [2.75, 3.05) is 12.8 Å². The van der Waals surface area contributed by atoms with E-state index >= 15 is 0 Å². The summed E-state index contributed by atoms with van der Waals surface area (Å²) in [6.07, 6.45) is 0. The highest BCUT2D eigenvalue weighted by atomic mass is 16.5. The molecule has 0 aliphatic rings. The molecule has 1 aromatic heterocycles. The molecule has 0 saturated heterocycles. The van der Waals surface area contributed by atoms with Gasteiger partial charge in [-0.3, -0.25) is 0 Å². The summed E-state index contributed by atoms with van der Waals surface area (Å²) in [5.74, 6) is -0.456. The summed E-state index contributed by atoms with van der Waals surface area (Å²) < 4.78 is 4.49. The van der Waals surface area contributed by atoms with Crippen LogP contribution >= 0.6 is 0 Å². The molecule has 5 heteroatoms. The van der Waals surface area contributed by atoms with Crippen molar-refractivity contribution in [3.63, 3.8) is 0 Å². The molecule has 0 radical (unpaired) electrons. The first-order valence-corrected chi connectivity index (χ1v) is 3.75. The van der Waals surface area contributed by atoms with Gasteiger partial charge in [-0.05, 0) is 13.8 Å². The van der Waals surface area contributed by atoms with Crippen LogP contribution in [0.3, 0.4) is 0 Å². The summed E-state index contributed by atoms with van der Waals surface area (Å²) in [4.78, 5) is 19.0. The maximum absolute atomic E-state index is 11.1. The number of anilines is 1. The van der Waals surface area contributed by atoms with Crippen molar-refractivity contribution in [1.29, 1.82) is 0 Å². The van der Waals surface area contributed by atoms with Crippen LogP contribution in [0.1, 0.15) is 21.9 Å². The molecule has 1 rings (SSSR count). The van der Waals surface area contributed by atoms with Crippen LogP contribution in [-0.4, -0.2) is 23.0 Å². The lowest BCUT2D eigenvalue weighted by Crippen LogP contribution is -2.12. The smallest absolute Gasteiger partial charge is 0.360 e. The van der Waals surface area contributed by atoms with Gasteiger partial charge in [0.1, 0.15) is 0 Å². The Balaban J connectivity index is 3.23. The van der Waals surface area contributed by atoms with E-state index in [1.54, 1.807) is 13.8 Å². The van der Waals surface area contributed by atoms with Crippen molar-refractivity contribution in [3.8, 4) is 0 Å². The molecule has 0 amide bonds. The SMILES string of the molecule is COC(=O)c1nc(C)c(C)nc1N. The second-order valence-corrected chi connectivity index (χ2v) is 2.62. The zero-order valence-electron chi connectivity index (χ0n) is 7.79. The zero-order valence-corrected chi connectivity index (χ0v) is 7.79. The van der Waals surface area contributed by atoms with E-state index < -0.39 is 5.97 Å². The summed E-state index contributed by atoms with van der Waals surface area (Å²) in [7, 11) is 1.28. The molecule has 0 saturated carbocycles. The number of carbonyl (C=O) groups excluding carboxylic acids is 1. The highest BCUT2D eigenvalue weighted by Crippen LogP contribution is 2.10. The normalized spacial score (nSPS) is 9.77. The Morgan fingerprint density at radius 3 is 2.38 bits per heavy atom. The molecule has 5 nitrogen and oxygen atoms in total. The average molecular weight is 181 g/mol. The van der Waals surface area contributed by atoms with Crippen LogP contribution < -0.4 is 5.73 Å². The lowest BCUT2D eigenvalue weighted by Gasteiger charge is -2.04. The molecule has 0 spiro atoms. The Morgan fingerprint density at radius 2 is 1.85 bits per heavy atom. The molecule has 0 aromatic carbocycles. The van der Waals surface area contributed by atoms with E-state index in [4.69, 9.17) is 5.73 Å². The maximum Gasteiger partial charge on any atom is 0.360 e. The van der Waals surface area contributed by atoms with Gasteiger partial charge in [0.15, 0.2) is 11.5 Å². The monoisotopic (exact) mass is 181 g/mol. The van der Waals surface area contributed by atoms with E-state index in [2.05, 4.69) is 14.7 Å². The minimum Gasteiger partial charge on any atom is -0.464 e. The van der Waals surface area contributed by atoms with Gasteiger partial charge in [-0.25, -0.2) is 14.8 Å². The quantitative estimate of drug-likeness (QED) is 0.637. The number of hydrogen-bond donors (Lipinski definition) is 1. The molecule has 2 N–H and O–H groups in total. The van der Waals surface area contributed by atoms with Gasteiger partial charge in [0.05, 0.1) is 18.5 Å². The molecule has 0 atom stereocenters. The number of esters is 1. The molecule has 1 heterocycles. The second kappa shape index (κ2) is 3.38. The molecule has 1 aromatic rings. The van der Waals surface area contributed by atoms with E-state index in [1.165, 1.54) is 7.11 Å². The first kappa shape index (κ1) is 9.44. The zero-order chi connectivity index (χ0) is 10.0. The Hall–Kier alpha value is -1.65. The van der Waals surface area contributed by atoms with Crippen LogP contribution in [-0.2, 0) is 4.74 Å². The summed E-state index contributed by atoms with van der Waals surface area (Å²) >= 11 is 0. The number of ether oxygens (including phenoxy) is 1. The fourth-order valence-electron chi connectivity index (χ4n) is 0.867. The maximum atomic E-state index is 11.1. The standard InChI is InChI=1S/C8H11N3O2/c1-4-5(2)11-7(9)6(10-4)8(12)13-3/h1-3H3,(H2,9,11). The van der Waals surface area contributed by atoms with Gasteiger partial charge in [0.2, 0.25) is 0 Å². The van der Waals surface area contributed by atoms with Crippen LogP contribution in [0.5, 0.6) is 0 Å². The van der Waals surface area contributed by atoms with Gasteiger partial charge in [-0.1, -0.05) is 0 Å². The van der Waals surface area contributed by atoms with Crippen LogP contribution in [0.4, 0.5) is 5.82 Å². The first-order chi connectivity index (χ1) is 6.06. The third kappa shape index (κ3) is 1.74. The fraction of sp³-hybridized carbons (Fsp3) is 0.375. The van der Waals surface area contributed by atoms with Crippen molar-refractivity contribution < 1.29 is 9.53 Å². The van der Waals surface area contributed by atoms with Crippen LogP contribution in [0.25, 0.3) is 0 Å². The van der Waals surface area contributed by atoms with Crippen molar-refractivity contribution >= 4 is 11.8 Å². The van der Waals surface area contributed by atoms with Crippen LogP contribution in [0.2, 0.25) is 0 Å². The summed E-state index contributed by atoms with van der Waals surface area (Å²) in [6, 6.07) is 0. The minimum atomic E-state index is -0.562. The fourth-order valence-corrected chi connectivity index (χ4v) is 0.867. The summed E-state index contributed by atoms with van der Waals surface area (Å²) in [5.41, 5.74) is 6.96. The number of carbonyl (C=O) groups is 1. The molecule has 13 heavy (non-hydrogen) atoms. The van der Waals surface area contributed by atoms with Crippen molar-refractivity contribution in [1.82, 2.24) is 9.97 Å². The van der Waals surface area contributed by atoms with E-state index in [-0.39, 0.29) is 11.5 Å². The Kier molecular flexibility index (Phi) is 2.46. The van der Waals surface area contributed by atoms with E-state index in [9.17, 15) is 4.79 Å². The van der Waals surface area contributed by atoms with Crippen molar-refractivity contribution in [2.45, 2.75) is 13.8 Å². The number of methoxy groups -OCH3 is 1. The number of nitrogens with zero attached hydrogens (tertiary/aromatic N) is 2. The lowest BCUT2D eigenvalue weighted by molar-refractivity contribution is 0.0594. The number of aryl methyl sites for hydroxylation is 2. The Bertz CT molecular complexity index is 349. The number of rotatable bonds is 1. The topological polar surface area (TPSA) is 78.1 Å². The molecule has 0 aliphatic carbocycles. The molecule has 0 fully saturated rings. The van der Waals surface area contributed by atoms with E-state index in [0.717, 1.165) is 0 Å². The average Bonchev–Trinajstić information content (AvgIpc) is 2.10. The number of nitrogens with two attached hydrogens (primary N) is 1. The highest BCUT2D eigenvalue weighted by Gasteiger charge is 2.14. The van der Waals surface area contributed by atoms with Crippen LogP contribution in [0, 0.1) is 13.8 Å². The molecular formula is C8H11N3O2. The highest BCUT2D eigenvalue weighted by molar-refractivity contribution is 5.91. The predicted molar refractivity (Wildman–Crippen MR) is 47.3 cm³/mol. The van der Waals surface area contributed by atoms with Crippen molar-refractivity contribution in [3.05, 3.63) is 17.1 Å². The number of aromatic nitrogens is 2. The van der Waals surface area contributed by atoms with E-state index in [1.807, 2.05) is 0 Å². The second-order valence-electron chi connectivity index (χ2n) is 2.62. The molecule has 0 unspecified atom stereocenters. The first-order valence-electron chi connectivity index (χ1n) is 3.75. The molecular weight excluding hydrogens is 170 g/mol. The van der Waals surface area contributed by atoms with Crippen LogP contribution in [0.15, 0.2) is 0 Å². The lowest BCUT2D eigenvalue weighted by atomic mass is 10.3.